The van der Waals surface area contributed by atoms with Crippen LogP contribution in [0.5, 0.6) is 0 Å². The summed E-state index contributed by atoms with van der Waals surface area (Å²) in [6.45, 7) is 3.37. The molecule has 0 aliphatic carbocycles. The lowest BCUT2D eigenvalue weighted by atomic mass is 10.1. The average Bonchev–Trinajstić information content (AvgIpc) is 2.65. The van der Waals surface area contributed by atoms with Gasteiger partial charge in [-0.05, 0) is 13.8 Å². The van der Waals surface area contributed by atoms with E-state index in [-0.39, 0.29) is 0 Å². The van der Waals surface area contributed by atoms with Gasteiger partial charge >= 0.3 is 12.0 Å². The molecule has 1 heterocycles. The molecule has 1 aliphatic rings. The molecule has 1 fully saturated rings. The van der Waals surface area contributed by atoms with Crippen LogP contribution in [0.4, 0.5) is 4.79 Å². The smallest absolute Gasteiger partial charge is 0.327 e. The van der Waals surface area contributed by atoms with Gasteiger partial charge in [0.2, 0.25) is 0 Å². The zero-order chi connectivity index (χ0) is 12.3. The van der Waals surface area contributed by atoms with Crippen LogP contribution in [0.2, 0.25) is 0 Å². The molecule has 1 rings (SSSR count). The van der Waals surface area contributed by atoms with Gasteiger partial charge in [-0.3, -0.25) is 0 Å². The van der Waals surface area contributed by atoms with Gasteiger partial charge in [-0.25, -0.2) is 9.59 Å². The van der Waals surface area contributed by atoms with Crippen LogP contribution in [0.25, 0.3) is 0 Å². The summed E-state index contributed by atoms with van der Waals surface area (Å²) in [5.41, 5.74) is -0.770. The average molecular weight is 242 g/mol. The number of carbonyl (C=O) groups excluding carboxylic acids is 1. The second-order valence-corrected chi connectivity index (χ2v) is 5.02. The number of carboxylic acid groups (broad SMARTS) is 1. The Labute approximate surface area is 98.6 Å². The summed E-state index contributed by atoms with van der Waals surface area (Å²) in [5, 5.41) is 11.5. The van der Waals surface area contributed by atoms with Crippen LogP contribution in [-0.2, 0) is 4.79 Å². The summed E-state index contributed by atoms with van der Waals surface area (Å²) in [6.07, 6.45) is 5.24. The first-order chi connectivity index (χ1) is 7.37. The molecule has 0 unspecified atom stereocenters. The van der Waals surface area contributed by atoms with E-state index in [0.29, 0.717) is 11.6 Å². The number of hydrogen-bond donors (Lipinski definition) is 2. The molecule has 88 valence electrons. The van der Waals surface area contributed by atoms with E-state index >= 15 is 0 Å². The van der Waals surface area contributed by atoms with E-state index in [2.05, 4.69) is 11.2 Å². The first-order valence-corrected chi connectivity index (χ1v) is 5.90. The minimum atomic E-state index is -0.987. The van der Waals surface area contributed by atoms with Gasteiger partial charge < -0.3 is 15.3 Å². The van der Waals surface area contributed by atoms with E-state index in [9.17, 15) is 9.59 Å². The third kappa shape index (κ3) is 2.83. The molecule has 0 bridgehead atoms. The van der Waals surface area contributed by atoms with Gasteiger partial charge in [-0.2, -0.15) is 0 Å². The number of amides is 2. The van der Waals surface area contributed by atoms with Gasteiger partial charge in [0.15, 0.2) is 0 Å². The van der Waals surface area contributed by atoms with E-state index < -0.39 is 23.6 Å². The zero-order valence-electron chi connectivity index (χ0n) is 9.19. The van der Waals surface area contributed by atoms with Gasteiger partial charge in [0.05, 0.1) is 11.4 Å². The van der Waals surface area contributed by atoms with Crippen molar-refractivity contribution < 1.29 is 14.7 Å². The molecular formula is C10H14N2O3S. The van der Waals surface area contributed by atoms with Crippen LogP contribution in [0, 0.1) is 12.3 Å². The number of rotatable bonds is 2. The van der Waals surface area contributed by atoms with Crippen LogP contribution < -0.4 is 5.32 Å². The second kappa shape index (κ2) is 4.66. The standard InChI is InChI=1S/C10H14N2O3S/c1-4-10(2,3)11-9(15)12-6-16-5-7(12)8(13)14/h1,7H,5-6H2,2-3H3,(H,11,15)(H,13,14)/t7-/m0/s1. The fourth-order valence-corrected chi connectivity index (χ4v) is 2.37. The van der Waals surface area contributed by atoms with Crippen molar-refractivity contribution in [2.45, 2.75) is 25.4 Å². The summed E-state index contributed by atoms with van der Waals surface area (Å²) >= 11 is 1.41. The predicted octanol–water partition coefficient (Wildman–Crippen LogP) is 0.567. The fraction of sp³-hybridized carbons (Fsp3) is 0.600. The highest BCUT2D eigenvalue weighted by atomic mass is 32.2. The van der Waals surface area contributed by atoms with Gasteiger partial charge in [0.1, 0.15) is 6.04 Å². The van der Waals surface area contributed by atoms with Gasteiger partial charge in [0, 0.05) is 5.75 Å². The van der Waals surface area contributed by atoms with E-state index in [4.69, 9.17) is 11.5 Å². The number of thioether (sulfide) groups is 1. The maximum atomic E-state index is 11.8. The Bertz CT molecular complexity index is 348. The minimum absolute atomic E-state index is 0.378. The summed E-state index contributed by atoms with van der Waals surface area (Å²) in [4.78, 5) is 23.9. The molecule has 1 aliphatic heterocycles. The third-order valence-electron chi connectivity index (χ3n) is 2.21. The Morgan fingerprint density at radius 3 is 2.75 bits per heavy atom. The number of terminal acetylenes is 1. The summed E-state index contributed by atoms with van der Waals surface area (Å²) < 4.78 is 0. The SMILES string of the molecule is C#CC(C)(C)NC(=O)N1CSC[C@H]1C(=O)O. The van der Waals surface area contributed by atoms with Crippen LogP contribution in [0.15, 0.2) is 0 Å². The number of nitrogens with one attached hydrogen (secondary N) is 1. The van der Waals surface area contributed by atoms with Crippen molar-refractivity contribution in [3.05, 3.63) is 0 Å². The largest absolute Gasteiger partial charge is 0.480 e. The molecule has 0 saturated carbocycles. The summed E-state index contributed by atoms with van der Waals surface area (Å²) in [7, 11) is 0. The molecule has 0 aromatic heterocycles. The topological polar surface area (TPSA) is 69.6 Å². The van der Waals surface area contributed by atoms with Crippen molar-refractivity contribution in [2.24, 2.45) is 0 Å². The van der Waals surface area contributed by atoms with E-state index in [1.54, 1.807) is 13.8 Å². The monoisotopic (exact) mass is 242 g/mol. The van der Waals surface area contributed by atoms with Gasteiger partial charge in [0.25, 0.3) is 0 Å². The molecule has 6 heteroatoms. The molecule has 2 N–H and O–H groups in total. The van der Waals surface area contributed by atoms with Crippen LogP contribution in [0.3, 0.4) is 0 Å². The van der Waals surface area contributed by atoms with Crippen LogP contribution in [0.1, 0.15) is 13.8 Å². The highest BCUT2D eigenvalue weighted by Crippen LogP contribution is 2.21. The highest BCUT2D eigenvalue weighted by molar-refractivity contribution is 7.99. The fourth-order valence-electron chi connectivity index (χ4n) is 1.22. The number of urea groups is 1. The minimum Gasteiger partial charge on any atom is -0.480 e. The predicted molar refractivity (Wildman–Crippen MR) is 62.0 cm³/mol. The Morgan fingerprint density at radius 2 is 2.25 bits per heavy atom. The maximum Gasteiger partial charge on any atom is 0.327 e. The van der Waals surface area contributed by atoms with E-state index in [1.807, 2.05) is 0 Å². The Kier molecular flexibility index (Phi) is 3.70. The number of hydrogen-bond acceptors (Lipinski definition) is 3. The van der Waals surface area contributed by atoms with Crippen LogP contribution in [-0.4, -0.2) is 45.2 Å². The van der Waals surface area contributed by atoms with Crippen molar-refractivity contribution in [1.29, 1.82) is 0 Å². The van der Waals surface area contributed by atoms with Gasteiger partial charge in [-0.1, -0.05) is 5.92 Å². The Hall–Kier alpha value is -1.35. The molecule has 1 atom stereocenters. The second-order valence-electron chi connectivity index (χ2n) is 4.02. The molecule has 0 aromatic rings. The Balaban J connectivity index is 2.68. The van der Waals surface area contributed by atoms with Gasteiger partial charge in [-0.15, -0.1) is 18.2 Å². The quantitative estimate of drug-likeness (QED) is 0.694. The number of carboxylic acids is 1. The summed E-state index contributed by atoms with van der Waals surface area (Å²) in [5.74, 6) is 2.23. The van der Waals surface area contributed by atoms with Crippen molar-refractivity contribution >= 4 is 23.8 Å². The third-order valence-corrected chi connectivity index (χ3v) is 3.22. The first-order valence-electron chi connectivity index (χ1n) is 4.74. The van der Waals surface area contributed by atoms with E-state index in [1.165, 1.54) is 16.7 Å². The molecule has 2 amide bonds. The lowest BCUT2D eigenvalue weighted by Crippen LogP contribution is -2.52. The number of carbonyl (C=O) groups is 2. The Morgan fingerprint density at radius 1 is 1.62 bits per heavy atom. The van der Waals surface area contributed by atoms with E-state index in [0.717, 1.165) is 0 Å². The number of nitrogens with zero attached hydrogens (tertiary/aromatic N) is 1. The lowest BCUT2D eigenvalue weighted by molar-refractivity contribution is -0.140. The molecular weight excluding hydrogens is 228 g/mol. The molecule has 16 heavy (non-hydrogen) atoms. The molecule has 1 saturated heterocycles. The maximum absolute atomic E-state index is 11.8. The molecule has 0 spiro atoms. The molecule has 0 aromatic carbocycles. The normalized spacial score (nSPS) is 20.3. The molecule has 0 radical (unpaired) electrons. The number of aliphatic carboxylic acids is 1. The van der Waals surface area contributed by atoms with Crippen LogP contribution >= 0.6 is 11.8 Å². The van der Waals surface area contributed by atoms with Crippen molar-refractivity contribution in [1.82, 2.24) is 10.2 Å². The van der Waals surface area contributed by atoms with Crippen molar-refractivity contribution in [3.63, 3.8) is 0 Å². The first kappa shape index (κ1) is 12.7. The highest BCUT2D eigenvalue weighted by Gasteiger charge is 2.35. The van der Waals surface area contributed by atoms with Crippen molar-refractivity contribution in [2.75, 3.05) is 11.6 Å². The van der Waals surface area contributed by atoms with Crippen molar-refractivity contribution in [3.8, 4) is 12.3 Å². The molecule has 5 nitrogen and oxygen atoms in total. The summed E-state index contributed by atoms with van der Waals surface area (Å²) in [6, 6.07) is -1.20. The lowest BCUT2D eigenvalue weighted by Gasteiger charge is -2.26. The zero-order valence-corrected chi connectivity index (χ0v) is 10.0.